The van der Waals surface area contributed by atoms with Gasteiger partial charge < -0.3 is 14.4 Å². The summed E-state index contributed by atoms with van der Waals surface area (Å²) in [6, 6.07) is 1.80. The maximum absolute atomic E-state index is 12.7. The van der Waals surface area contributed by atoms with E-state index in [-0.39, 0.29) is 5.92 Å². The Kier molecular flexibility index (Phi) is 5.91. The molecule has 1 N–H and O–H groups in total. The summed E-state index contributed by atoms with van der Waals surface area (Å²) in [5, 5.41) is 0.736. The summed E-state index contributed by atoms with van der Waals surface area (Å²) >= 11 is 1.59. The van der Waals surface area contributed by atoms with Crippen LogP contribution in [0.4, 0.5) is 5.95 Å². The number of aromatic amines is 1. The Morgan fingerprint density at radius 2 is 1.83 bits per heavy atom. The van der Waals surface area contributed by atoms with Crippen LogP contribution >= 0.6 is 11.8 Å². The minimum Gasteiger partial charge on any atom is -0.340 e. The lowest BCUT2D eigenvalue weighted by atomic mass is 10.2. The first-order chi connectivity index (χ1) is 14.4. The molecule has 10 nitrogen and oxygen atoms in total. The van der Waals surface area contributed by atoms with Gasteiger partial charge in [-0.1, -0.05) is 18.7 Å². The third kappa shape index (κ3) is 4.12. The smallest absolute Gasteiger partial charge is 0.329 e. The molecular formula is C19H26N8O2S. The van der Waals surface area contributed by atoms with Crippen LogP contribution in [-0.2, 0) is 13.6 Å². The molecular weight excluding hydrogens is 404 g/mol. The van der Waals surface area contributed by atoms with Gasteiger partial charge in [0.05, 0.1) is 0 Å². The molecule has 0 saturated carbocycles. The lowest BCUT2D eigenvalue weighted by Gasteiger charge is -2.33. The molecule has 0 aliphatic carbocycles. The molecule has 11 heteroatoms. The van der Waals surface area contributed by atoms with Crippen LogP contribution in [0.1, 0.15) is 6.92 Å². The largest absolute Gasteiger partial charge is 0.340 e. The van der Waals surface area contributed by atoms with Crippen LogP contribution in [0.5, 0.6) is 0 Å². The molecule has 4 heterocycles. The van der Waals surface area contributed by atoms with Crippen molar-refractivity contribution >= 4 is 28.9 Å². The van der Waals surface area contributed by atoms with Gasteiger partial charge in [-0.15, -0.1) is 0 Å². The van der Waals surface area contributed by atoms with E-state index in [0.29, 0.717) is 17.7 Å². The number of piperazine rings is 1. The van der Waals surface area contributed by atoms with E-state index in [1.807, 2.05) is 4.57 Å². The van der Waals surface area contributed by atoms with Crippen LogP contribution < -0.4 is 16.1 Å². The second-order valence-electron chi connectivity index (χ2n) is 7.75. The fourth-order valence-electron chi connectivity index (χ4n) is 3.59. The molecule has 4 rings (SSSR count). The predicted molar refractivity (Wildman–Crippen MR) is 117 cm³/mol. The zero-order valence-corrected chi connectivity index (χ0v) is 18.2. The Morgan fingerprint density at radius 1 is 1.13 bits per heavy atom. The minimum atomic E-state index is -0.452. The fraction of sp³-hybridized carbons (Fsp3) is 0.526. The molecule has 1 atom stereocenters. The standard InChI is InChI=1S/C19H26N8O2S/c1-13(12-30-17-20-5-4-6-21-17)11-27-14-15(25(3)19(29)23-16(14)28)22-18(27)26-9-7-24(2)8-10-26/h4-6,13H,7-12H2,1-3H3,(H,23,28,29). The van der Waals surface area contributed by atoms with E-state index in [9.17, 15) is 9.59 Å². The molecule has 1 unspecified atom stereocenters. The molecule has 1 aliphatic heterocycles. The molecule has 1 fully saturated rings. The van der Waals surface area contributed by atoms with Gasteiger partial charge in [-0.2, -0.15) is 4.98 Å². The summed E-state index contributed by atoms with van der Waals surface area (Å²) in [6.45, 7) is 6.24. The van der Waals surface area contributed by atoms with Gasteiger partial charge in [-0.25, -0.2) is 14.8 Å². The zero-order chi connectivity index (χ0) is 21.3. The molecule has 0 amide bonds. The normalized spacial score (nSPS) is 16.3. The number of thioether (sulfide) groups is 1. The van der Waals surface area contributed by atoms with E-state index >= 15 is 0 Å². The van der Waals surface area contributed by atoms with Crippen molar-refractivity contribution < 1.29 is 0 Å². The highest BCUT2D eigenvalue weighted by molar-refractivity contribution is 7.99. The van der Waals surface area contributed by atoms with Crippen molar-refractivity contribution in [3.05, 3.63) is 39.3 Å². The number of aromatic nitrogens is 6. The molecule has 3 aromatic heterocycles. The maximum atomic E-state index is 12.7. The lowest BCUT2D eigenvalue weighted by Crippen LogP contribution is -2.45. The zero-order valence-electron chi connectivity index (χ0n) is 17.4. The molecule has 1 saturated heterocycles. The first-order valence-corrected chi connectivity index (χ1v) is 11.0. The number of rotatable bonds is 6. The Bertz CT molecular complexity index is 1130. The average molecular weight is 431 g/mol. The lowest BCUT2D eigenvalue weighted by molar-refractivity contribution is 0.309. The van der Waals surface area contributed by atoms with E-state index < -0.39 is 11.2 Å². The van der Waals surface area contributed by atoms with Gasteiger partial charge in [-0.3, -0.25) is 14.3 Å². The first-order valence-electron chi connectivity index (χ1n) is 9.97. The quantitative estimate of drug-likeness (QED) is 0.442. The van der Waals surface area contributed by atoms with Gasteiger partial charge >= 0.3 is 5.69 Å². The van der Waals surface area contributed by atoms with Crippen LogP contribution in [-0.4, -0.2) is 72.9 Å². The third-order valence-corrected chi connectivity index (χ3v) is 6.51. The number of nitrogens with one attached hydrogen (secondary N) is 1. The average Bonchev–Trinajstić information content (AvgIpc) is 3.12. The van der Waals surface area contributed by atoms with Gasteiger partial charge in [0.25, 0.3) is 5.56 Å². The van der Waals surface area contributed by atoms with E-state index in [1.165, 1.54) is 4.57 Å². The number of hydrogen-bond donors (Lipinski definition) is 1. The molecule has 3 aromatic rings. The van der Waals surface area contributed by atoms with Crippen LogP contribution in [0.15, 0.2) is 33.2 Å². The summed E-state index contributed by atoms with van der Waals surface area (Å²) in [4.78, 5) is 44.9. The van der Waals surface area contributed by atoms with Gasteiger partial charge in [-0.05, 0) is 19.0 Å². The van der Waals surface area contributed by atoms with E-state index in [1.54, 1.807) is 37.3 Å². The van der Waals surface area contributed by atoms with Crippen LogP contribution in [0.3, 0.4) is 0 Å². The summed E-state index contributed by atoms with van der Waals surface area (Å²) in [5.41, 5.74) is 0.0156. The van der Waals surface area contributed by atoms with Crippen LogP contribution in [0.2, 0.25) is 0 Å². The van der Waals surface area contributed by atoms with Crippen molar-refractivity contribution in [1.82, 2.24) is 34.0 Å². The maximum Gasteiger partial charge on any atom is 0.329 e. The predicted octanol–water partition coefficient (Wildman–Crippen LogP) is 0.394. The van der Waals surface area contributed by atoms with Gasteiger partial charge in [0.1, 0.15) is 0 Å². The van der Waals surface area contributed by atoms with E-state index in [0.717, 1.165) is 43.0 Å². The highest BCUT2D eigenvalue weighted by Crippen LogP contribution is 2.24. The number of hydrogen-bond acceptors (Lipinski definition) is 8. The summed E-state index contributed by atoms with van der Waals surface area (Å²) in [7, 11) is 3.73. The molecule has 0 spiro atoms. The van der Waals surface area contributed by atoms with Crippen molar-refractivity contribution in [2.45, 2.75) is 18.6 Å². The van der Waals surface area contributed by atoms with Crippen LogP contribution in [0, 0.1) is 5.92 Å². The van der Waals surface area contributed by atoms with E-state index in [2.05, 4.69) is 38.7 Å². The minimum absolute atomic E-state index is 0.235. The molecule has 0 bridgehead atoms. The number of nitrogens with zero attached hydrogens (tertiary/aromatic N) is 7. The number of anilines is 1. The molecule has 160 valence electrons. The Balaban J connectivity index is 1.67. The number of likely N-dealkylation sites (N-methyl/N-ethyl adjacent to an activating group) is 1. The summed E-state index contributed by atoms with van der Waals surface area (Å²) in [5.74, 6) is 1.78. The number of imidazole rings is 1. The van der Waals surface area contributed by atoms with E-state index in [4.69, 9.17) is 4.98 Å². The Labute approximate surface area is 178 Å². The van der Waals surface area contributed by atoms with Crippen molar-refractivity contribution in [1.29, 1.82) is 0 Å². The second-order valence-corrected chi connectivity index (χ2v) is 8.74. The molecule has 0 aromatic carbocycles. The van der Waals surface area contributed by atoms with Crippen molar-refractivity contribution in [3.63, 3.8) is 0 Å². The highest BCUT2D eigenvalue weighted by Gasteiger charge is 2.24. The number of H-pyrrole nitrogens is 1. The monoisotopic (exact) mass is 430 g/mol. The van der Waals surface area contributed by atoms with Crippen LogP contribution in [0.25, 0.3) is 11.2 Å². The topological polar surface area (TPSA) is 105 Å². The van der Waals surface area contributed by atoms with Gasteiger partial charge in [0, 0.05) is 57.9 Å². The third-order valence-electron chi connectivity index (χ3n) is 5.31. The van der Waals surface area contributed by atoms with Crippen molar-refractivity contribution in [2.24, 2.45) is 13.0 Å². The van der Waals surface area contributed by atoms with Crippen molar-refractivity contribution in [3.8, 4) is 0 Å². The Morgan fingerprint density at radius 3 is 2.53 bits per heavy atom. The van der Waals surface area contributed by atoms with Gasteiger partial charge in [0.15, 0.2) is 16.3 Å². The van der Waals surface area contributed by atoms with Gasteiger partial charge in [0.2, 0.25) is 5.95 Å². The molecule has 1 aliphatic rings. The molecule has 30 heavy (non-hydrogen) atoms. The Hall–Kier alpha value is -2.66. The number of aryl methyl sites for hydroxylation is 1. The molecule has 0 radical (unpaired) electrons. The summed E-state index contributed by atoms with van der Waals surface area (Å²) < 4.78 is 3.38. The highest BCUT2D eigenvalue weighted by atomic mass is 32.2. The summed E-state index contributed by atoms with van der Waals surface area (Å²) in [6.07, 6.45) is 3.46. The second kappa shape index (κ2) is 8.60. The number of fused-ring (bicyclic) bond motifs is 1. The van der Waals surface area contributed by atoms with Crippen molar-refractivity contribution in [2.75, 3.05) is 43.9 Å². The SMILES string of the molecule is CC(CSc1ncccn1)Cn1c(N2CCN(C)CC2)nc2c1c(=O)[nH]c(=O)n2C. The first kappa shape index (κ1) is 20.6. The fourth-order valence-corrected chi connectivity index (χ4v) is 4.39.